The van der Waals surface area contributed by atoms with Crippen molar-refractivity contribution >= 4 is 27.7 Å². The van der Waals surface area contributed by atoms with Gasteiger partial charge in [0.2, 0.25) is 5.91 Å². The fourth-order valence-electron chi connectivity index (χ4n) is 5.62. The van der Waals surface area contributed by atoms with Crippen molar-refractivity contribution in [2.75, 3.05) is 13.1 Å². The van der Waals surface area contributed by atoms with Crippen molar-refractivity contribution in [3.05, 3.63) is 33.8 Å². The van der Waals surface area contributed by atoms with Crippen LogP contribution in [0.25, 0.3) is 0 Å². The van der Waals surface area contributed by atoms with Crippen molar-refractivity contribution in [1.82, 2.24) is 10.2 Å². The molecule has 1 heterocycles. The fourth-order valence-corrected chi connectivity index (χ4v) is 5.98. The first kappa shape index (κ1) is 17.7. The van der Waals surface area contributed by atoms with Crippen LogP contribution in [0.4, 0.5) is 0 Å². The van der Waals surface area contributed by atoms with Crippen molar-refractivity contribution in [2.24, 2.45) is 5.41 Å². The summed E-state index contributed by atoms with van der Waals surface area (Å²) in [4.78, 5) is 27.3. The minimum absolute atomic E-state index is 0.0361. The first-order valence-electron chi connectivity index (χ1n) is 9.70. The molecule has 1 aromatic carbocycles. The van der Waals surface area contributed by atoms with Crippen LogP contribution in [-0.2, 0) is 10.2 Å². The van der Waals surface area contributed by atoms with Gasteiger partial charge in [0.25, 0.3) is 5.91 Å². The Labute approximate surface area is 167 Å². The fraction of sp³-hybridized carbons (Fsp3) is 0.619. The molecule has 6 rings (SSSR count). The predicted molar refractivity (Wildman–Crippen MR) is 104 cm³/mol. The zero-order valence-electron chi connectivity index (χ0n) is 15.8. The highest BCUT2D eigenvalue weighted by Gasteiger charge is 2.73. The first-order chi connectivity index (χ1) is 12.6. The molecule has 0 saturated heterocycles. The number of halogens is 1. The number of hydrogen-bond acceptors (Lipinski definition) is 3. The summed E-state index contributed by atoms with van der Waals surface area (Å²) in [5.74, 6) is -0.125. The van der Waals surface area contributed by atoms with Gasteiger partial charge in [0, 0.05) is 32.9 Å². The van der Waals surface area contributed by atoms with Crippen LogP contribution in [-0.4, -0.2) is 46.1 Å². The SMILES string of the molecule is CC(C)(O)C12CC(NC(=O)CN3CC4(CC4)c4cc(Br)ccc4C3=O)(C1)C2. The number of nitrogens with zero attached hydrogens (tertiary/aromatic N) is 1. The van der Waals surface area contributed by atoms with Gasteiger partial charge in [-0.3, -0.25) is 9.59 Å². The van der Waals surface area contributed by atoms with Crippen LogP contribution in [0.15, 0.2) is 22.7 Å². The molecule has 0 unspecified atom stereocenters. The molecule has 0 aromatic heterocycles. The van der Waals surface area contributed by atoms with Crippen LogP contribution in [0, 0.1) is 5.41 Å². The third-order valence-corrected chi connectivity index (χ3v) is 7.98. The van der Waals surface area contributed by atoms with Crippen molar-refractivity contribution in [1.29, 1.82) is 0 Å². The lowest BCUT2D eigenvalue weighted by Gasteiger charge is -2.74. The van der Waals surface area contributed by atoms with Gasteiger partial charge in [0.15, 0.2) is 0 Å². The number of fused-ring (bicyclic) bond motifs is 2. The van der Waals surface area contributed by atoms with Gasteiger partial charge >= 0.3 is 0 Å². The minimum atomic E-state index is -0.696. The molecule has 0 atom stereocenters. The van der Waals surface area contributed by atoms with Gasteiger partial charge in [-0.15, -0.1) is 0 Å². The second-order valence-corrected chi connectivity index (χ2v) is 10.7. The maximum absolute atomic E-state index is 12.9. The summed E-state index contributed by atoms with van der Waals surface area (Å²) in [7, 11) is 0. The maximum Gasteiger partial charge on any atom is 0.254 e. The molecule has 1 spiro atoms. The number of rotatable bonds is 4. The van der Waals surface area contributed by atoms with Gasteiger partial charge in [-0.25, -0.2) is 0 Å². The van der Waals surface area contributed by atoms with Crippen LogP contribution in [0.1, 0.15) is 61.9 Å². The van der Waals surface area contributed by atoms with Crippen molar-refractivity contribution in [3.8, 4) is 0 Å². The standard InChI is InChI=1S/C21H25BrN2O3/c1-18(2,27)20-9-21(10-20,11-20)23-16(25)8-24-12-19(5-6-19)15-7-13(22)3-4-14(15)17(24)26/h3-4,7,27H,5-6,8-12H2,1-2H3,(H,23,25). The van der Waals surface area contributed by atoms with Gasteiger partial charge in [-0.2, -0.15) is 0 Å². The quantitative estimate of drug-likeness (QED) is 0.768. The van der Waals surface area contributed by atoms with E-state index in [1.807, 2.05) is 26.0 Å². The second-order valence-electron chi connectivity index (χ2n) is 9.83. The molecular weight excluding hydrogens is 408 g/mol. The van der Waals surface area contributed by atoms with E-state index < -0.39 is 5.60 Å². The lowest BCUT2D eigenvalue weighted by Crippen LogP contribution is -2.80. The topological polar surface area (TPSA) is 69.6 Å². The molecule has 5 nitrogen and oxygen atoms in total. The molecule has 6 heteroatoms. The van der Waals surface area contributed by atoms with E-state index in [4.69, 9.17) is 0 Å². The Balaban J connectivity index is 1.27. The van der Waals surface area contributed by atoms with Crippen molar-refractivity contribution < 1.29 is 14.7 Å². The molecule has 5 aliphatic rings. The number of nitrogens with one attached hydrogen (secondary N) is 1. The number of benzene rings is 1. The summed E-state index contributed by atoms with van der Waals surface area (Å²) in [6.07, 6.45) is 4.65. The van der Waals surface area contributed by atoms with Gasteiger partial charge < -0.3 is 15.3 Å². The summed E-state index contributed by atoms with van der Waals surface area (Å²) in [5, 5.41) is 13.4. The van der Waals surface area contributed by atoms with Crippen LogP contribution in [0.5, 0.6) is 0 Å². The van der Waals surface area contributed by atoms with E-state index in [0.717, 1.165) is 47.7 Å². The molecular formula is C21H25BrN2O3. The predicted octanol–water partition coefficient (Wildman–Crippen LogP) is 2.75. The molecule has 4 fully saturated rings. The number of amides is 2. The van der Waals surface area contributed by atoms with Gasteiger partial charge in [-0.1, -0.05) is 15.9 Å². The number of carbonyl (C=O) groups is 2. The molecule has 27 heavy (non-hydrogen) atoms. The third kappa shape index (κ3) is 2.45. The highest BCUT2D eigenvalue weighted by atomic mass is 79.9. The average Bonchev–Trinajstić information content (AvgIpc) is 3.26. The number of aliphatic hydroxyl groups is 1. The summed E-state index contributed by atoms with van der Waals surface area (Å²) in [6, 6.07) is 5.84. The molecule has 1 aliphatic heterocycles. The lowest BCUT2D eigenvalue weighted by molar-refractivity contribution is -0.250. The van der Waals surface area contributed by atoms with E-state index in [2.05, 4.69) is 27.3 Å². The highest BCUT2D eigenvalue weighted by molar-refractivity contribution is 9.10. The molecule has 0 radical (unpaired) electrons. The van der Waals surface area contributed by atoms with Crippen LogP contribution < -0.4 is 5.32 Å². The Morgan fingerprint density at radius 1 is 1.30 bits per heavy atom. The Morgan fingerprint density at radius 3 is 2.56 bits per heavy atom. The van der Waals surface area contributed by atoms with Gasteiger partial charge in [0.1, 0.15) is 0 Å². The summed E-state index contributed by atoms with van der Waals surface area (Å²) < 4.78 is 0.996. The molecule has 4 saturated carbocycles. The number of carbonyl (C=O) groups excluding carboxylic acids is 2. The molecule has 2 bridgehead atoms. The lowest BCUT2D eigenvalue weighted by atomic mass is 9.35. The van der Waals surface area contributed by atoms with E-state index in [-0.39, 0.29) is 34.7 Å². The van der Waals surface area contributed by atoms with Crippen LogP contribution in [0.2, 0.25) is 0 Å². The van der Waals surface area contributed by atoms with Crippen molar-refractivity contribution in [3.63, 3.8) is 0 Å². The van der Waals surface area contributed by atoms with E-state index in [1.165, 1.54) is 0 Å². The molecule has 1 aromatic rings. The van der Waals surface area contributed by atoms with E-state index in [0.29, 0.717) is 6.54 Å². The summed E-state index contributed by atoms with van der Waals surface area (Å²) >= 11 is 3.51. The molecule has 144 valence electrons. The van der Waals surface area contributed by atoms with Crippen molar-refractivity contribution in [2.45, 2.75) is 62.5 Å². The van der Waals surface area contributed by atoms with E-state index >= 15 is 0 Å². The summed E-state index contributed by atoms with van der Waals surface area (Å²) in [6.45, 7) is 4.46. The van der Waals surface area contributed by atoms with Crippen LogP contribution in [0.3, 0.4) is 0 Å². The largest absolute Gasteiger partial charge is 0.390 e. The number of hydrogen-bond donors (Lipinski definition) is 2. The van der Waals surface area contributed by atoms with Gasteiger partial charge in [0.05, 0.1) is 12.1 Å². The molecule has 2 amide bonds. The smallest absolute Gasteiger partial charge is 0.254 e. The van der Waals surface area contributed by atoms with Crippen LogP contribution >= 0.6 is 15.9 Å². The van der Waals surface area contributed by atoms with Gasteiger partial charge in [-0.05, 0) is 69.7 Å². The Morgan fingerprint density at radius 2 is 1.96 bits per heavy atom. The Bertz CT molecular complexity index is 849. The second kappa shape index (κ2) is 5.15. The Hall–Kier alpha value is -1.40. The molecule has 2 N–H and O–H groups in total. The van der Waals surface area contributed by atoms with E-state index in [1.54, 1.807) is 4.90 Å². The first-order valence-corrected chi connectivity index (χ1v) is 10.5. The Kier molecular flexibility index (Phi) is 3.37. The molecule has 4 aliphatic carbocycles. The monoisotopic (exact) mass is 432 g/mol. The normalized spacial score (nSPS) is 32.4. The zero-order chi connectivity index (χ0) is 19.2. The average molecular weight is 433 g/mol. The highest BCUT2D eigenvalue weighted by Crippen LogP contribution is 2.71. The zero-order valence-corrected chi connectivity index (χ0v) is 17.4. The summed E-state index contributed by atoms with van der Waals surface area (Å²) in [5.41, 5.74) is 1.01. The maximum atomic E-state index is 12.9. The third-order valence-electron chi connectivity index (χ3n) is 7.48. The minimum Gasteiger partial charge on any atom is -0.390 e. The van der Waals surface area contributed by atoms with E-state index in [9.17, 15) is 14.7 Å².